The second-order valence-corrected chi connectivity index (χ2v) is 5.06. The zero-order valence-corrected chi connectivity index (χ0v) is 11.7. The Balaban J connectivity index is 2.24. The van der Waals surface area contributed by atoms with Crippen molar-refractivity contribution in [3.05, 3.63) is 42.0 Å². The highest BCUT2D eigenvalue weighted by Gasteiger charge is 2.08. The van der Waals surface area contributed by atoms with Crippen LogP contribution in [-0.2, 0) is 0 Å². The van der Waals surface area contributed by atoms with Gasteiger partial charge in [0.2, 0.25) is 0 Å². The van der Waals surface area contributed by atoms with E-state index < -0.39 is 0 Å². The molecule has 100 valence electrons. The van der Waals surface area contributed by atoms with Crippen LogP contribution in [0.5, 0.6) is 5.75 Å². The molecule has 0 aliphatic heterocycles. The summed E-state index contributed by atoms with van der Waals surface area (Å²) in [6.45, 7) is 0.861. The number of ether oxygens (including phenoxy) is 1. The summed E-state index contributed by atoms with van der Waals surface area (Å²) in [7, 11) is 5.77. The second kappa shape index (κ2) is 5.85. The van der Waals surface area contributed by atoms with Gasteiger partial charge in [0.1, 0.15) is 5.75 Å². The molecule has 2 aromatic carbocycles. The smallest absolute Gasteiger partial charge is 0.168 e. The van der Waals surface area contributed by atoms with E-state index in [9.17, 15) is 4.79 Å². The van der Waals surface area contributed by atoms with Crippen LogP contribution in [0.15, 0.2) is 36.4 Å². The molecule has 0 radical (unpaired) electrons. The number of methoxy groups -OCH3 is 1. The summed E-state index contributed by atoms with van der Waals surface area (Å²) in [5, 5.41) is 2.16. The van der Waals surface area contributed by atoms with E-state index in [4.69, 9.17) is 4.74 Å². The number of carbonyl (C=O) groups excluding carboxylic acids is 1. The molecule has 0 unspecified atom stereocenters. The molecule has 0 amide bonds. The van der Waals surface area contributed by atoms with Crippen molar-refractivity contribution in [2.75, 3.05) is 27.7 Å². The van der Waals surface area contributed by atoms with Crippen LogP contribution in [0.4, 0.5) is 0 Å². The first-order valence-corrected chi connectivity index (χ1v) is 6.50. The van der Waals surface area contributed by atoms with Gasteiger partial charge in [-0.2, -0.15) is 0 Å². The Labute approximate surface area is 113 Å². The van der Waals surface area contributed by atoms with Crippen LogP contribution in [0.2, 0.25) is 0 Å². The molecule has 0 spiro atoms. The standard InChI is InChI=1S/C16H19NO2/c1-17(2)9-8-16(18)14-5-4-13-11-15(19-3)7-6-12(13)10-14/h4-7,10-11H,8-9H2,1-3H3/p+1. The number of ketones is 1. The summed E-state index contributed by atoms with van der Waals surface area (Å²) in [4.78, 5) is 13.4. The summed E-state index contributed by atoms with van der Waals surface area (Å²) in [6, 6.07) is 11.7. The van der Waals surface area contributed by atoms with Crippen LogP contribution < -0.4 is 9.64 Å². The van der Waals surface area contributed by atoms with Crippen LogP contribution in [0.1, 0.15) is 16.8 Å². The van der Waals surface area contributed by atoms with Crippen molar-refractivity contribution in [1.29, 1.82) is 0 Å². The lowest BCUT2D eigenvalue weighted by molar-refractivity contribution is -0.857. The number of fused-ring (bicyclic) bond motifs is 1. The molecule has 0 saturated heterocycles. The molecule has 2 rings (SSSR count). The summed E-state index contributed by atoms with van der Waals surface area (Å²) in [5.41, 5.74) is 0.791. The van der Waals surface area contributed by atoms with E-state index in [0.717, 1.165) is 28.6 Å². The number of rotatable bonds is 5. The third kappa shape index (κ3) is 3.32. The number of hydrogen-bond acceptors (Lipinski definition) is 2. The molecular weight excluding hydrogens is 238 g/mol. The predicted octanol–water partition coefficient (Wildman–Crippen LogP) is 1.57. The Morgan fingerprint density at radius 3 is 2.47 bits per heavy atom. The molecule has 0 heterocycles. The highest BCUT2D eigenvalue weighted by molar-refractivity contribution is 6.00. The summed E-state index contributed by atoms with van der Waals surface area (Å²) in [6.07, 6.45) is 0.587. The van der Waals surface area contributed by atoms with E-state index in [1.165, 1.54) is 4.90 Å². The minimum absolute atomic E-state index is 0.207. The van der Waals surface area contributed by atoms with Crippen molar-refractivity contribution < 1.29 is 14.4 Å². The molecule has 0 aliphatic rings. The number of benzene rings is 2. The van der Waals surface area contributed by atoms with Gasteiger partial charge >= 0.3 is 0 Å². The van der Waals surface area contributed by atoms with Gasteiger partial charge in [-0.25, -0.2) is 0 Å². The summed E-state index contributed by atoms with van der Waals surface area (Å²) < 4.78 is 5.20. The van der Waals surface area contributed by atoms with Gasteiger partial charge in [-0.3, -0.25) is 4.79 Å². The SMILES string of the molecule is COc1ccc2cc(C(=O)CC[NH+](C)C)ccc2c1. The lowest BCUT2D eigenvalue weighted by atomic mass is 10.0. The van der Waals surface area contributed by atoms with Crippen molar-refractivity contribution >= 4 is 16.6 Å². The van der Waals surface area contributed by atoms with Crippen LogP contribution in [-0.4, -0.2) is 33.5 Å². The van der Waals surface area contributed by atoms with Gasteiger partial charge in [0, 0.05) is 5.56 Å². The van der Waals surface area contributed by atoms with E-state index in [1.54, 1.807) is 7.11 Å². The van der Waals surface area contributed by atoms with Gasteiger partial charge in [0.15, 0.2) is 5.78 Å². The Kier molecular flexibility index (Phi) is 4.17. The molecule has 0 aromatic heterocycles. The van der Waals surface area contributed by atoms with Crippen LogP contribution in [0.3, 0.4) is 0 Å². The van der Waals surface area contributed by atoms with E-state index in [-0.39, 0.29) is 5.78 Å². The molecule has 19 heavy (non-hydrogen) atoms. The molecule has 0 saturated carbocycles. The Bertz CT molecular complexity index is 590. The van der Waals surface area contributed by atoms with Gasteiger partial charge in [0.25, 0.3) is 0 Å². The van der Waals surface area contributed by atoms with Gasteiger partial charge in [-0.05, 0) is 29.0 Å². The molecule has 3 heteroatoms. The third-order valence-corrected chi connectivity index (χ3v) is 3.22. The molecular formula is C16H20NO2+. The molecule has 1 N–H and O–H groups in total. The maximum absolute atomic E-state index is 12.1. The number of hydrogen-bond donors (Lipinski definition) is 1. The van der Waals surface area contributed by atoms with Gasteiger partial charge in [-0.1, -0.05) is 18.2 Å². The fraction of sp³-hybridized carbons (Fsp3) is 0.312. The lowest BCUT2D eigenvalue weighted by Crippen LogP contribution is -3.05. The van der Waals surface area contributed by atoms with Crippen LogP contribution in [0.25, 0.3) is 10.8 Å². The molecule has 0 aliphatic carbocycles. The van der Waals surface area contributed by atoms with Crippen molar-refractivity contribution in [2.24, 2.45) is 0 Å². The van der Waals surface area contributed by atoms with Crippen molar-refractivity contribution in [3.8, 4) is 5.75 Å². The topological polar surface area (TPSA) is 30.7 Å². The van der Waals surface area contributed by atoms with E-state index in [0.29, 0.717) is 6.42 Å². The van der Waals surface area contributed by atoms with E-state index in [1.807, 2.05) is 36.4 Å². The molecule has 0 fully saturated rings. The molecule has 0 atom stereocenters. The quantitative estimate of drug-likeness (QED) is 0.825. The third-order valence-electron chi connectivity index (χ3n) is 3.22. The van der Waals surface area contributed by atoms with Gasteiger partial charge in [-0.15, -0.1) is 0 Å². The monoisotopic (exact) mass is 258 g/mol. The average molecular weight is 258 g/mol. The lowest BCUT2D eigenvalue weighted by Gasteiger charge is -2.07. The largest absolute Gasteiger partial charge is 0.497 e. The first-order chi connectivity index (χ1) is 9.10. The summed E-state index contributed by atoms with van der Waals surface area (Å²) in [5.74, 6) is 1.04. The van der Waals surface area contributed by atoms with Gasteiger partial charge < -0.3 is 9.64 Å². The van der Waals surface area contributed by atoms with Gasteiger partial charge in [0.05, 0.1) is 34.2 Å². The highest BCUT2D eigenvalue weighted by Crippen LogP contribution is 2.22. The Morgan fingerprint density at radius 1 is 1.11 bits per heavy atom. The minimum Gasteiger partial charge on any atom is -0.497 e. The van der Waals surface area contributed by atoms with Crippen molar-refractivity contribution in [2.45, 2.75) is 6.42 Å². The number of Topliss-reactive ketones (excluding diaryl/α,β-unsaturated/α-hetero) is 1. The number of quaternary nitrogens is 1. The fourth-order valence-corrected chi connectivity index (χ4v) is 2.03. The number of nitrogens with one attached hydrogen (secondary N) is 1. The maximum Gasteiger partial charge on any atom is 0.168 e. The molecule has 0 bridgehead atoms. The summed E-state index contributed by atoms with van der Waals surface area (Å²) >= 11 is 0. The molecule has 3 nitrogen and oxygen atoms in total. The van der Waals surface area contributed by atoms with E-state index in [2.05, 4.69) is 14.1 Å². The normalized spacial score (nSPS) is 10.9. The fourth-order valence-electron chi connectivity index (χ4n) is 2.03. The second-order valence-electron chi connectivity index (χ2n) is 5.06. The zero-order valence-electron chi connectivity index (χ0n) is 11.7. The number of carbonyl (C=O) groups is 1. The maximum atomic E-state index is 12.1. The first kappa shape index (κ1) is 13.6. The van der Waals surface area contributed by atoms with E-state index >= 15 is 0 Å². The zero-order chi connectivity index (χ0) is 13.8. The minimum atomic E-state index is 0.207. The Morgan fingerprint density at radius 2 is 1.79 bits per heavy atom. The average Bonchev–Trinajstić information content (AvgIpc) is 2.43. The Hall–Kier alpha value is -1.87. The van der Waals surface area contributed by atoms with Crippen molar-refractivity contribution in [3.63, 3.8) is 0 Å². The predicted molar refractivity (Wildman–Crippen MR) is 77.1 cm³/mol. The van der Waals surface area contributed by atoms with Crippen molar-refractivity contribution in [1.82, 2.24) is 0 Å². The highest BCUT2D eigenvalue weighted by atomic mass is 16.5. The first-order valence-electron chi connectivity index (χ1n) is 6.50. The van der Waals surface area contributed by atoms with Crippen LogP contribution in [0, 0.1) is 0 Å². The van der Waals surface area contributed by atoms with Crippen LogP contribution >= 0.6 is 0 Å². The molecule has 2 aromatic rings.